The molecule has 120 valence electrons. The van der Waals surface area contributed by atoms with Gasteiger partial charge in [-0.15, -0.1) is 0 Å². The molecule has 1 amide bonds. The van der Waals surface area contributed by atoms with E-state index in [0.717, 1.165) is 57.6 Å². The third-order valence-corrected chi connectivity index (χ3v) is 4.91. The maximum atomic E-state index is 12.5. The number of aliphatic hydroxyl groups is 1. The Morgan fingerprint density at radius 1 is 1.18 bits per heavy atom. The molecular weight excluding hydrogens is 280 g/mol. The van der Waals surface area contributed by atoms with E-state index in [1.54, 1.807) is 6.20 Å². The van der Waals surface area contributed by atoms with Gasteiger partial charge in [0, 0.05) is 38.4 Å². The first-order valence-electron chi connectivity index (χ1n) is 8.13. The predicted molar refractivity (Wildman–Crippen MR) is 82.5 cm³/mol. The van der Waals surface area contributed by atoms with Crippen molar-refractivity contribution in [1.29, 1.82) is 0 Å². The van der Waals surface area contributed by atoms with Gasteiger partial charge in [-0.1, -0.05) is 0 Å². The van der Waals surface area contributed by atoms with Crippen LogP contribution in [0.1, 0.15) is 41.7 Å². The summed E-state index contributed by atoms with van der Waals surface area (Å²) in [4.78, 5) is 25.0. The van der Waals surface area contributed by atoms with Gasteiger partial charge >= 0.3 is 0 Å². The van der Waals surface area contributed by atoms with Crippen molar-refractivity contribution in [2.75, 3.05) is 26.2 Å². The van der Waals surface area contributed by atoms with Crippen LogP contribution in [0.15, 0.2) is 12.5 Å². The van der Waals surface area contributed by atoms with E-state index < -0.39 is 0 Å². The molecule has 0 radical (unpaired) electrons. The Labute approximate surface area is 131 Å². The normalized spacial score (nSPS) is 22.0. The third kappa shape index (κ3) is 3.28. The summed E-state index contributed by atoms with van der Waals surface area (Å²) in [6, 6.07) is 0.546. The highest BCUT2D eigenvalue weighted by Gasteiger charge is 2.29. The zero-order valence-corrected chi connectivity index (χ0v) is 13.1. The van der Waals surface area contributed by atoms with Crippen molar-refractivity contribution in [3.05, 3.63) is 23.8 Å². The standard InChI is InChI=1S/C16H24N4O2/c1-12-15(10-17-11-18-12)16(22)20-6-2-13(3-7-20)19-8-4-14(21)5-9-19/h10-11,13-14,21H,2-9H2,1H3. The minimum atomic E-state index is -0.126. The molecule has 2 saturated heterocycles. The fraction of sp³-hybridized carbons (Fsp3) is 0.688. The molecule has 3 heterocycles. The van der Waals surface area contributed by atoms with E-state index in [9.17, 15) is 9.90 Å². The zero-order chi connectivity index (χ0) is 15.5. The van der Waals surface area contributed by atoms with Gasteiger partial charge in [0.05, 0.1) is 17.4 Å². The average Bonchev–Trinajstić information content (AvgIpc) is 2.56. The molecule has 2 aliphatic heterocycles. The van der Waals surface area contributed by atoms with Gasteiger partial charge < -0.3 is 14.9 Å². The summed E-state index contributed by atoms with van der Waals surface area (Å²) >= 11 is 0. The lowest BCUT2D eigenvalue weighted by molar-refractivity contribution is 0.0356. The van der Waals surface area contributed by atoms with E-state index in [2.05, 4.69) is 14.9 Å². The van der Waals surface area contributed by atoms with Crippen molar-refractivity contribution in [2.45, 2.75) is 44.8 Å². The number of carbonyl (C=O) groups excluding carboxylic acids is 1. The summed E-state index contributed by atoms with van der Waals surface area (Å²) in [6.45, 7) is 5.38. The van der Waals surface area contributed by atoms with Crippen LogP contribution in [-0.4, -0.2) is 69.1 Å². The highest BCUT2D eigenvalue weighted by Crippen LogP contribution is 2.22. The minimum Gasteiger partial charge on any atom is -0.393 e. The number of likely N-dealkylation sites (tertiary alicyclic amines) is 2. The van der Waals surface area contributed by atoms with E-state index in [4.69, 9.17) is 0 Å². The smallest absolute Gasteiger partial charge is 0.257 e. The maximum Gasteiger partial charge on any atom is 0.257 e. The van der Waals surface area contributed by atoms with Crippen LogP contribution < -0.4 is 0 Å². The molecule has 1 aromatic heterocycles. The minimum absolute atomic E-state index is 0.0469. The summed E-state index contributed by atoms with van der Waals surface area (Å²) in [5.41, 5.74) is 1.36. The maximum absolute atomic E-state index is 12.5. The van der Waals surface area contributed by atoms with E-state index >= 15 is 0 Å². The molecule has 1 aromatic rings. The van der Waals surface area contributed by atoms with Gasteiger partial charge in [-0.2, -0.15) is 0 Å². The van der Waals surface area contributed by atoms with Crippen LogP contribution in [0.5, 0.6) is 0 Å². The molecule has 0 bridgehead atoms. The van der Waals surface area contributed by atoms with Crippen LogP contribution >= 0.6 is 0 Å². The third-order valence-electron chi connectivity index (χ3n) is 4.91. The Morgan fingerprint density at radius 2 is 1.86 bits per heavy atom. The van der Waals surface area contributed by atoms with E-state index in [-0.39, 0.29) is 12.0 Å². The molecular formula is C16H24N4O2. The largest absolute Gasteiger partial charge is 0.393 e. The van der Waals surface area contributed by atoms with Crippen LogP contribution in [0.4, 0.5) is 0 Å². The van der Waals surface area contributed by atoms with Crippen LogP contribution in [0.2, 0.25) is 0 Å². The fourth-order valence-electron chi connectivity index (χ4n) is 3.46. The number of aromatic nitrogens is 2. The van der Waals surface area contributed by atoms with Gasteiger partial charge in [0.25, 0.3) is 5.91 Å². The second kappa shape index (κ2) is 6.71. The number of piperidine rings is 2. The van der Waals surface area contributed by atoms with Crippen LogP contribution in [0, 0.1) is 6.92 Å². The first kappa shape index (κ1) is 15.4. The number of amides is 1. The fourth-order valence-corrected chi connectivity index (χ4v) is 3.46. The highest BCUT2D eigenvalue weighted by atomic mass is 16.3. The molecule has 2 fully saturated rings. The molecule has 0 aliphatic carbocycles. The Hall–Kier alpha value is -1.53. The average molecular weight is 304 g/mol. The van der Waals surface area contributed by atoms with E-state index in [0.29, 0.717) is 11.6 Å². The van der Waals surface area contributed by atoms with Crippen LogP contribution in [-0.2, 0) is 0 Å². The Balaban J connectivity index is 1.55. The number of rotatable bonds is 2. The molecule has 0 atom stereocenters. The molecule has 0 saturated carbocycles. The number of aryl methyl sites for hydroxylation is 1. The highest BCUT2D eigenvalue weighted by molar-refractivity contribution is 5.94. The molecule has 0 unspecified atom stereocenters. The van der Waals surface area contributed by atoms with Gasteiger partial charge in [0.15, 0.2) is 0 Å². The van der Waals surface area contributed by atoms with Gasteiger partial charge in [-0.25, -0.2) is 9.97 Å². The van der Waals surface area contributed by atoms with Crippen molar-refractivity contribution < 1.29 is 9.90 Å². The number of hydrogen-bond donors (Lipinski definition) is 1. The molecule has 0 spiro atoms. The Kier molecular flexibility index (Phi) is 4.69. The molecule has 6 nitrogen and oxygen atoms in total. The lowest BCUT2D eigenvalue weighted by atomic mass is 9.98. The summed E-state index contributed by atoms with van der Waals surface area (Å²) < 4.78 is 0. The molecule has 2 aliphatic rings. The van der Waals surface area contributed by atoms with Crippen molar-refractivity contribution in [3.63, 3.8) is 0 Å². The molecule has 3 rings (SSSR count). The monoisotopic (exact) mass is 304 g/mol. The quantitative estimate of drug-likeness (QED) is 0.877. The lowest BCUT2D eigenvalue weighted by Gasteiger charge is -2.41. The second-order valence-corrected chi connectivity index (χ2v) is 6.31. The molecule has 6 heteroatoms. The van der Waals surface area contributed by atoms with Gasteiger partial charge in [-0.3, -0.25) is 4.79 Å². The van der Waals surface area contributed by atoms with Crippen LogP contribution in [0.3, 0.4) is 0 Å². The summed E-state index contributed by atoms with van der Waals surface area (Å²) in [5, 5.41) is 9.60. The van der Waals surface area contributed by atoms with Gasteiger partial charge in [-0.05, 0) is 32.6 Å². The molecule has 0 aromatic carbocycles. The zero-order valence-electron chi connectivity index (χ0n) is 13.1. The topological polar surface area (TPSA) is 69.6 Å². The SMILES string of the molecule is Cc1ncncc1C(=O)N1CCC(N2CCC(O)CC2)CC1. The lowest BCUT2D eigenvalue weighted by Crippen LogP contribution is -2.49. The van der Waals surface area contributed by atoms with Crippen molar-refractivity contribution in [3.8, 4) is 0 Å². The number of aliphatic hydroxyl groups excluding tert-OH is 1. The van der Waals surface area contributed by atoms with Crippen molar-refractivity contribution in [1.82, 2.24) is 19.8 Å². The first-order valence-corrected chi connectivity index (χ1v) is 8.13. The van der Waals surface area contributed by atoms with Crippen molar-refractivity contribution >= 4 is 5.91 Å². The summed E-state index contributed by atoms with van der Waals surface area (Å²) in [7, 11) is 0. The number of carbonyl (C=O) groups is 1. The number of nitrogens with zero attached hydrogens (tertiary/aromatic N) is 4. The molecule has 22 heavy (non-hydrogen) atoms. The number of hydrogen-bond acceptors (Lipinski definition) is 5. The van der Waals surface area contributed by atoms with Crippen LogP contribution in [0.25, 0.3) is 0 Å². The van der Waals surface area contributed by atoms with Crippen molar-refractivity contribution in [2.24, 2.45) is 0 Å². The van der Waals surface area contributed by atoms with E-state index in [1.165, 1.54) is 6.33 Å². The second-order valence-electron chi connectivity index (χ2n) is 6.31. The summed E-state index contributed by atoms with van der Waals surface area (Å²) in [5.74, 6) is 0.0469. The van der Waals surface area contributed by atoms with E-state index in [1.807, 2.05) is 11.8 Å². The Bertz CT molecular complexity index is 521. The molecule has 1 N–H and O–H groups in total. The predicted octanol–water partition coefficient (Wildman–Crippen LogP) is 0.846. The van der Waals surface area contributed by atoms with Gasteiger partial charge in [0.1, 0.15) is 6.33 Å². The summed E-state index contributed by atoms with van der Waals surface area (Å²) in [6.07, 6.45) is 6.73. The Morgan fingerprint density at radius 3 is 2.50 bits per heavy atom. The van der Waals surface area contributed by atoms with Gasteiger partial charge in [0.2, 0.25) is 0 Å². The first-order chi connectivity index (χ1) is 10.6.